The van der Waals surface area contributed by atoms with E-state index in [4.69, 9.17) is 4.74 Å². The minimum absolute atomic E-state index is 0.101. The molecular formula is C22H25N3O6S. The number of nitrogens with one attached hydrogen (secondary N) is 2. The molecule has 170 valence electrons. The van der Waals surface area contributed by atoms with E-state index in [1.165, 1.54) is 25.3 Å². The number of methoxy groups -OCH3 is 1. The van der Waals surface area contributed by atoms with Crippen LogP contribution < -0.4 is 10.0 Å². The number of carbonyl (C=O) groups excluding carboxylic acids is 3. The van der Waals surface area contributed by atoms with Crippen LogP contribution in [-0.4, -0.2) is 63.6 Å². The third kappa shape index (κ3) is 5.78. The van der Waals surface area contributed by atoms with Gasteiger partial charge in [0, 0.05) is 38.9 Å². The van der Waals surface area contributed by atoms with Crippen LogP contribution in [0.2, 0.25) is 0 Å². The standard InChI is InChI=1S/C22H25N3O6S/c1-31-12-5-11-25-21(27)18-9-8-17(14-19(18)22(25)28)20(26)23-10-13-32(29,30)24-15-16-6-3-2-4-7-16/h2-4,6-9,14,24H,5,10-13,15H2,1H3,(H,23,26). The van der Waals surface area contributed by atoms with Crippen LogP contribution in [0.15, 0.2) is 48.5 Å². The number of sulfonamides is 1. The molecule has 0 aromatic heterocycles. The third-order valence-corrected chi connectivity index (χ3v) is 6.28. The molecule has 3 amide bonds. The van der Waals surface area contributed by atoms with Crippen LogP contribution in [0.3, 0.4) is 0 Å². The quantitative estimate of drug-likeness (QED) is 0.384. The van der Waals surface area contributed by atoms with Crippen molar-refractivity contribution < 1.29 is 27.5 Å². The lowest BCUT2D eigenvalue weighted by Crippen LogP contribution is -2.34. The van der Waals surface area contributed by atoms with Crippen molar-refractivity contribution in [3.05, 3.63) is 70.8 Å². The van der Waals surface area contributed by atoms with E-state index in [0.29, 0.717) is 13.0 Å². The number of hydrogen-bond acceptors (Lipinski definition) is 6. The zero-order chi connectivity index (χ0) is 23.1. The smallest absolute Gasteiger partial charge is 0.261 e. The summed E-state index contributed by atoms with van der Waals surface area (Å²) in [6.07, 6.45) is 0.516. The normalized spacial score (nSPS) is 13.3. The minimum Gasteiger partial charge on any atom is -0.385 e. The van der Waals surface area contributed by atoms with E-state index < -0.39 is 27.7 Å². The Hall–Kier alpha value is -3.08. The van der Waals surface area contributed by atoms with Gasteiger partial charge in [-0.2, -0.15) is 0 Å². The monoisotopic (exact) mass is 459 g/mol. The second kappa shape index (κ2) is 10.5. The fraction of sp³-hybridized carbons (Fsp3) is 0.318. The first-order valence-electron chi connectivity index (χ1n) is 10.1. The third-order valence-electron chi connectivity index (χ3n) is 4.96. The molecule has 0 bridgehead atoms. The molecule has 0 atom stereocenters. The number of ether oxygens (including phenoxy) is 1. The van der Waals surface area contributed by atoms with Gasteiger partial charge in [0.15, 0.2) is 0 Å². The summed E-state index contributed by atoms with van der Waals surface area (Å²) in [6, 6.07) is 13.3. The maximum Gasteiger partial charge on any atom is 0.261 e. The van der Waals surface area contributed by atoms with Crippen LogP contribution in [-0.2, 0) is 21.3 Å². The van der Waals surface area contributed by atoms with Crippen LogP contribution in [0.25, 0.3) is 0 Å². The van der Waals surface area contributed by atoms with Crippen LogP contribution in [0.4, 0.5) is 0 Å². The van der Waals surface area contributed by atoms with Crippen molar-refractivity contribution in [1.29, 1.82) is 0 Å². The maximum atomic E-state index is 12.6. The lowest BCUT2D eigenvalue weighted by Gasteiger charge is -2.12. The Balaban J connectivity index is 1.54. The zero-order valence-electron chi connectivity index (χ0n) is 17.7. The molecule has 3 rings (SSSR count). The molecule has 0 spiro atoms. The summed E-state index contributed by atoms with van der Waals surface area (Å²) in [6.45, 7) is 0.717. The van der Waals surface area contributed by atoms with E-state index in [9.17, 15) is 22.8 Å². The fourth-order valence-corrected chi connectivity index (χ4v) is 4.17. The number of amides is 3. The average Bonchev–Trinajstić information content (AvgIpc) is 3.03. The van der Waals surface area contributed by atoms with E-state index in [1.807, 2.05) is 30.3 Å². The summed E-state index contributed by atoms with van der Waals surface area (Å²) in [5.41, 5.74) is 1.42. The molecule has 2 aromatic carbocycles. The molecule has 10 heteroatoms. The Bertz CT molecular complexity index is 1100. The first-order valence-corrected chi connectivity index (χ1v) is 11.8. The highest BCUT2D eigenvalue weighted by atomic mass is 32.2. The summed E-state index contributed by atoms with van der Waals surface area (Å²) >= 11 is 0. The van der Waals surface area contributed by atoms with Crippen molar-refractivity contribution in [1.82, 2.24) is 14.9 Å². The highest BCUT2D eigenvalue weighted by Crippen LogP contribution is 2.24. The van der Waals surface area contributed by atoms with E-state index in [1.54, 1.807) is 0 Å². The first-order chi connectivity index (χ1) is 15.3. The van der Waals surface area contributed by atoms with Gasteiger partial charge in [0.05, 0.1) is 16.9 Å². The van der Waals surface area contributed by atoms with Gasteiger partial charge in [-0.1, -0.05) is 30.3 Å². The van der Waals surface area contributed by atoms with Crippen LogP contribution in [0, 0.1) is 0 Å². The summed E-state index contributed by atoms with van der Waals surface area (Å²) in [7, 11) is -2.04. The van der Waals surface area contributed by atoms with Gasteiger partial charge in [0.2, 0.25) is 10.0 Å². The van der Waals surface area contributed by atoms with Gasteiger partial charge in [-0.3, -0.25) is 19.3 Å². The Morgan fingerprint density at radius 1 is 1.03 bits per heavy atom. The van der Waals surface area contributed by atoms with Gasteiger partial charge < -0.3 is 10.1 Å². The molecular weight excluding hydrogens is 434 g/mol. The van der Waals surface area contributed by atoms with E-state index >= 15 is 0 Å². The van der Waals surface area contributed by atoms with Crippen LogP contribution in [0.5, 0.6) is 0 Å². The van der Waals surface area contributed by atoms with Crippen molar-refractivity contribution in [3.63, 3.8) is 0 Å². The number of imide groups is 1. The number of carbonyl (C=O) groups is 3. The molecule has 9 nitrogen and oxygen atoms in total. The lowest BCUT2D eigenvalue weighted by molar-refractivity contribution is 0.0638. The minimum atomic E-state index is -3.58. The molecule has 1 aliphatic heterocycles. The molecule has 0 saturated carbocycles. The number of rotatable bonds is 11. The number of nitrogens with zero attached hydrogens (tertiary/aromatic N) is 1. The SMILES string of the molecule is COCCCN1C(=O)c2ccc(C(=O)NCCS(=O)(=O)NCc3ccccc3)cc2C1=O. The Labute approximate surface area is 186 Å². The van der Waals surface area contributed by atoms with Gasteiger partial charge in [0.1, 0.15) is 0 Å². The van der Waals surface area contributed by atoms with Gasteiger partial charge in [-0.05, 0) is 30.2 Å². The van der Waals surface area contributed by atoms with Gasteiger partial charge in [-0.15, -0.1) is 0 Å². The topological polar surface area (TPSA) is 122 Å². The number of fused-ring (bicyclic) bond motifs is 1. The predicted molar refractivity (Wildman–Crippen MR) is 118 cm³/mol. The van der Waals surface area contributed by atoms with Crippen LogP contribution in [0.1, 0.15) is 43.1 Å². The second-order valence-corrected chi connectivity index (χ2v) is 9.18. The number of benzene rings is 2. The van der Waals surface area contributed by atoms with Crippen molar-refractivity contribution in [2.45, 2.75) is 13.0 Å². The predicted octanol–water partition coefficient (Wildman–Crippen LogP) is 1.17. The molecule has 0 radical (unpaired) electrons. The highest BCUT2D eigenvalue weighted by Gasteiger charge is 2.35. The fourth-order valence-electron chi connectivity index (χ4n) is 3.26. The molecule has 0 saturated heterocycles. The summed E-state index contributed by atoms with van der Waals surface area (Å²) in [4.78, 5) is 38.5. The highest BCUT2D eigenvalue weighted by molar-refractivity contribution is 7.89. The Morgan fingerprint density at radius 3 is 2.47 bits per heavy atom. The summed E-state index contributed by atoms with van der Waals surface area (Å²) in [5.74, 6) is -1.67. The van der Waals surface area contributed by atoms with Gasteiger partial charge in [-0.25, -0.2) is 13.1 Å². The summed E-state index contributed by atoms with van der Waals surface area (Å²) in [5, 5.41) is 2.54. The molecule has 2 N–H and O–H groups in total. The lowest BCUT2D eigenvalue weighted by atomic mass is 10.1. The van der Waals surface area contributed by atoms with Crippen molar-refractivity contribution >= 4 is 27.7 Å². The van der Waals surface area contributed by atoms with E-state index in [2.05, 4.69) is 10.0 Å². The maximum absolute atomic E-state index is 12.6. The average molecular weight is 460 g/mol. The molecule has 1 heterocycles. The molecule has 2 aromatic rings. The molecule has 32 heavy (non-hydrogen) atoms. The zero-order valence-corrected chi connectivity index (χ0v) is 18.5. The number of hydrogen-bond donors (Lipinski definition) is 2. The Kier molecular flexibility index (Phi) is 7.73. The second-order valence-electron chi connectivity index (χ2n) is 7.25. The van der Waals surface area contributed by atoms with Crippen LogP contribution >= 0.6 is 0 Å². The van der Waals surface area contributed by atoms with Gasteiger partial charge in [0.25, 0.3) is 17.7 Å². The van der Waals surface area contributed by atoms with Gasteiger partial charge >= 0.3 is 0 Å². The van der Waals surface area contributed by atoms with E-state index in [0.717, 1.165) is 10.5 Å². The Morgan fingerprint density at radius 2 is 1.75 bits per heavy atom. The summed E-state index contributed by atoms with van der Waals surface area (Å²) < 4.78 is 31.7. The molecule has 0 aliphatic carbocycles. The first kappa shape index (κ1) is 23.6. The van der Waals surface area contributed by atoms with E-state index in [-0.39, 0.29) is 42.1 Å². The molecule has 1 aliphatic rings. The van der Waals surface area contributed by atoms with Crippen molar-refractivity contribution in [3.8, 4) is 0 Å². The molecule has 0 fully saturated rings. The van der Waals surface area contributed by atoms with Crippen molar-refractivity contribution in [2.24, 2.45) is 0 Å². The molecule has 0 unspecified atom stereocenters. The van der Waals surface area contributed by atoms with Crippen molar-refractivity contribution in [2.75, 3.05) is 32.6 Å². The largest absolute Gasteiger partial charge is 0.385 e.